The molecule has 1 aliphatic rings. The van der Waals surface area contributed by atoms with Gasteiger partial charge in [-0.2, -0.15) is 0 Å². The van der Waals surface area contributed by atoms with Gasteiger partial charge in [0, 0.05) is 24.0 Å². The maximum Gasteiger partial charge on any atom is 0.248 e. The van der Waals surface area contributed by atoms with Crippen molar-refractivity contribution in [1.29, 1.82) is 0 Å². The van der Waals surface area contributed by atoms with Crippen LogP contribution in [-0.4, -0.2) is 35.8 Å². The molecule has 0 saturated carbocycles. The molecule has 0 spiro atoms. The number of hydrogen-bond acceptors (Lipinski definition) is 4. The van der Waals surface area contributed by atoms with Crippen molar-refractivity contribution < 1.29 is 9.59 Å². The SMILES string of the molecule is CC(N)C(C)C(=O)N1CCNC(=O)C1c1cccs1.Cl. The molecule has 3 atom stereocenters. The molecule has 2 heterocycles. The molecule has 0 aromatic carbocycles. The van der Waals surface area contributed by atoms with Crippen molar-refractivity contribution >= 4 is 35.6 Å². The zero-order valence-corrected chi connectivity index (χ0v) is 13.2. The zero-order chi connectivity index (χ0) is 14.0. The maximum atomic E-state index is 12.5. The Morgan fingerprint density at radius 1 is 1.55 bits per heavy atom. The average Bonchev–Trinajstić information content (AvgIpc) is 2.90. The Morgan fingerprint density at radius 2 is 2.25 bits per heavy atom. The van der Waals surface area contributed by atoms with Crippen molar-refractivity contribution in [3.05, 3.63) is 22.4 Å². The number of thiophene rings is 1. The van der Waals surface area contributed by atoms with E-state index in [4.69, 9.17) is 5.73 Å². The predicted molar refractivity (Wildman–Crippen MR) is 81.8 cm³/mol. The van der Waals surface area contributed by atoms with Crippen molar-refractivity contribution in [3.63, 3.8) is 0 Å². The molecule has 112 valence electrons. The molecule has 1 aliphatic heterocycles. The minimum atomic E-state index is -0.512. The van der Waals surface area contributed by atoms with Crippen LogP contribution in [0.1, 0.15) is 24.8 Å². The molecular formula is C13H20ClN3O2S. The zero-order valence-electron chi connectivity index (χ0n) is 11.5. The number of nitrogens with one attached hydrogen (secondary N) is 1. The molecule has 5 nitrogen and oxygen atoms in total. The van der Waals surface area contributed by atoms with Crippen molar-refractivity contribution in [2.24, 2.45) is 11.7 Å². The fourth-order valence-corrected chi connectivity index (χ4v) is 2.95. The summed E-state index contributed by atoms with van der Waals surface area (Å²) in [7, 11) is 0. The van der Waals surface area contributed by atoms with E-state index < -0.39 is 6.04 Å². The number of nitrogens with two attached hydrogens (primary N) is 1. The van der Waals surface area contributed by atoms with E-state index in [1.54, 1.807) is 4.90 Å². The van der Waals surface area contributed by atoms with E-state index in [0.717, 1.165) is 4.88 Å². The third-order valence-electron chi connectivity index (χ3n) is 3.49. The number of amides is 2. The summed E-state index contributed by atoms with van der Waals surface area (Å²) in [5.41, 5.74) is 5.80. The number of rotatable bonds is 3. The van der Waals surface area contributed by atoms with E-state index >= 15 is 0 Å². The second-order valence-electron chi connectivity index (χ2n) is 4.89. The molecule has 2 rings (SSSR count). The van der Waals surface area contributed by atoms with Crippen LogP contribution in [0.4, 0.5) is 0 Å². The molecule has 7 heteroatoms. The smallest absolute Gasteiger partial charge is 0.248 e. The van der Waals surface area contributed by atoms with Crippen LogP contribution >= 0.6 is 23.7 Å². The monoisotopic (exact) mass is 317 g/mol. The van der Waals surface area contributed by atoms with Gasteiger partial charge in [0.1, 0.15) is 6.04 Å². The molecule has 1 aromatic rings. The lowest BCUT2D eigenvalue weighted by atomic mass is 10.0. The van der Waals surface area contributed by atoms with Crippen LogP contribution in [0.5, 0.6) is 0 Å². The van der Waals surface area contributed by atoms with Gasteiger partial charge in [-0.25, -0.2) is 0 Å². The first kappa shape index (κ1) is 16.9. The van der Waals surface area contributed by atoms with Crippen molar-refractivity contribution in [1.82, 2.24) is 10.2 Å². The van der Waals surface area contributed by atoms with E-state index in [1.807, 2.05) is 31.4 Å². The van der Waals surface area contributed by atoms with Gasteiger partial charge in [0.2, 0.25) is 11.8 Å². The minimum absolute atomic E-state index is 0. The second kappa shape index (κ2) is 7.06. The fraction of sp³-hybridized carbons (Fsp3) is 0.538. The summed E-state index contributed by atoms with van der Waals surface area (Å²) in [6.45, 7) is 4.65. The molecule has 0 aliphatic carbocycles. The predicted octanol–water partition coefficient (Wildman–Crippen LogP) is 1.15. The third-order valence-corrected chi connectivity index (χ3v) is 4.41. The van der Waals surface area contributed by atoms with E-state index in [1.165, 1.54) is 11.3 Å². The first-order chi connectivity index (χ1) is 9.02. The van der Waals surface area contributed by atoms with Gasteiger partial charge in [-0.15, -0.1) is 23.7 Å². The standard InChI is InChI=1S/C13H19N3O2S.ClH/c1-8(9(2)14)13(18)16-6-5-15-12(17)11(16)10-4-3-7-19-10;/h3-4,7-9,11H,5-6,14H2,1-2H3,(H,15,17);1H. The number of carbonyl (C=O) groups is 2. The van der Waals surface area contributed by atoms with Crippen LogP contribution in [0.3, 0.4) is 0 Å². The summed E-state index contributed by atoms with van der Waals surface area (Å²) in [6.07, 6.45) is 0. The fourth-order valence-electron chi connectivity index (χ4n) is 2.12. The Bertz CT molecular complexity index is 464. The minimum Gasteiger partial charge on any atom is -0.352 e. The quantitative estimate of drug-likeness (QED) is 0.878. The molecule has 1 saturated heterocycles. The summed E-state index contributed by atoms with van der Waals surface area (Å²) in [4.78, 5) is 27.1. The van der Waals surface area contributed by atoms with Gasteiger partial charge in [-0.05, 0) is 18.4 Å². The highest BCUT2D eigenvalue weighted by molar-refractivity contribution is 7.10. The van der Waals surface area contributed by atoms with Crippen molar-refractivity contribution in [2.45, 2.75) is 25.9 Å². The van der Waals surface area contributed by atoms with Crippen LogP contribution in [0.15, 0.2) is 17.5 Å². The molecule has 20 heavy (non-hydrogen) atoms. The van der Waals surface area contributed by atoms with Gasteiger partial charge in [0.25, 0.3) is 0 Å². The first-order valence-electron chi connectivity index (χ1n) is 6.39. The Hall–Kier alpha value is -1.11. The van der Waals surface area contributed by atoms with Gasteiger partial charge in [0.05, 0.1) is 5.92 Å². The Kier molecular flexibility index (Phi) is 5.98. The maximum absolute atomic E-state index is 12.5. The molecule has 0 bridgehead atoms. The topological polar surface area (TPSA) is 75.4 Å². The number of halogens is 1. The van der Waals surface area contributed by atoms with E-state index in [9.17, 15) is 9.59 Å². The Labute approximate surface area is 128 Å². The lowest BCUT2D eigenvalue weighted by molar-refractivity contribution is -0.146. The summed E-state index contributed by atoms with van der Waals surface area (Å²) in [5.74, 6) is -0.449. The number of hydrogen-bond donors (Lipinski definition) is 2. The Balaban J connectivity index is 0.00000200. The van der Waals surface area contributed by atoms with Gasteiger partial charge < -0.3 is 16.0 Å². The molecule has 1 fully saturated rings. The van der Waals surface area contributed by atoms with Crippen molar-refractivity contribution in [3.8, 4) is 0 Å². The number of nitrogens with zero attached hydrogens (tertiary/aromatic N) is 1. The van der Waals surface area contributed by atoms with Crippen molar-refractivity contribution in [2.75, 3.05) is 13.1 Å². The molecule has 0 radical (unpaired) electrons. The van der Waals surface area contributed by atoms with E-state index in [0.29, 0.717) is 13.1 Å². The molecule has 2 amide bonds. The lowest BCUT2D eigenvalue weighted by Crippen LogP contribution is -2.54. The van der Waals surface area contributed by atoms with E-state index in [-0.39, 0.29) is 36.2 Å². The Morgan fingerprint density at radius 3 is 2.80 bits per heavy atom. The van der Waals surface area contributed by atoms with Crippen LogP contribution in [0, 0.1) is 5.92 Å². The van der Waals surface area contributed by atoms with Gasteiger partial charge >= 0.3 is 0 Å². The van der Waals surface area contributed by atoms with Gasteiger partial charge in [-0.3, -0.25) is 9.59 Å². The van der Waals surface area contributed by atoms with Crippen LogP contribution in [-0.2, 0) is 9.59 Å². The third kappa shape index (κ3) is 3.31. The lowest BCUT2D eigenvalue weighted by Gasteiger charge is -2.36. The molecular weight excluding hydrogens is 298 g/mol. The molecule has 3 N–H and O–H groups in total. The summed E-state index contributed by atoms with van der Waals surface area (Å²) in [5, 5.41) is 4.73. The summed E-state index contributed by atoms with van der Waals surface area (Å²) >= 11 is 1.49. The van der Waals surface area contributed by atoms with Crippen LogP contribution in [0.25, 0.3) is 0 Å². The van der Waals surface area contributed by atoms with Crippen LogP contribution in [0.2, 0.25) is 0 Å². The number of piperazine rings is 1. The average molecular weight is 318 g/mol. The largest absolute Gasteiger partial charge is 0.352 e. The summed E-state index contributed by atoms with van der Waals surface area (Å²) in [6, 6.07) is 3.04. The van der Waals surface area contributed by atoms with Gasteiger partial charge in [-0.1, -0.05) is 13.0 Å². The highest BCUT2D eigenvalue weighted by Crippen LogP contribution is 2.28. The van der Waals surface area contributed by atoms with E-state index in [2.05, 4.69) is 5.32 Å². The first-order valence-corrected chi connectivity index (χ1v) is 7.27. The normalized spacial score (nSPS) is 21.6. The number of carbonyl (C=O) groups excluding carboxylic acids is 2. The molecule has 1 aromatic heterocycles. The second-order valence-corrected chi connectivity index (χ2v) is 5.87. The molecule has 3 unspecified atom stereocenters. The highest BCUT2D eigenvalue weighted by atomic mass is 35.5. The van der Waals surface area contributed by atoms with Gasteiger partial charge in [0.15, 0.2) is 0 Å². The highest BCUT2D eigenvalue weighted by Gasteiger charge is 2.37. The summed E-state index contributed by atoms with van der Waals surface area (Å²) < 4.78 is 0. The van der Waals surface area contributed by atoms with Crippen LogP contribution < -0.4 is 11.1 Å².